The Morgan fingerprint density at radius 2 is 2.00 bits per heavy atom. The second-order valence-electron chi connectivity index (χ2n) is 6.27. The van der Waals surface area contributed by atoms with Crippen molar-refractivity contribution >= 4 is 16.9 Å². The van der Waals surface area contributed by atoms with Gasteiger partial charge in [0.05, 0.1) is 11.0 Å². The SMILES string of the molecule is CN(C)[C@@H](C(=O)NCCc1nc2ccc(F)cc2[nH]1)c1ccccc1F. The molecule has 1 heterocycles. The van der Waals surface area contributed by atoms with Gasteiger partial charge in [-0.2, -0.15) is 0 Å². The van der Waals surface area contributed by atoms with E-state index >= 15 is 0 Å². The molecule has 0 aliphatic heterocycles. The van der Waals surface area contributed by atoms with E-state index in [2.05, 4.69) is 15.3 Å². The fourth-order valence-electron chi connectivity index (χ4n) is 2.90. The van der Waals surface area contributed by atoms with E-state index in [-0.39, 0.29) is 11.7 Å². The lowest BCUT2D eigenvalue weighted by Gasteiger charge is -2.24. The summed E-state index contributed by atoms with van der Waals surface area (Å²) in [7, 11) is 3.45. The van der Waals surface area contributed by atoms with Crippen LogP contribution in [-0.2, 0) is 11.2 Å². The predicted molar refractivity (Wildman–Crippen MR) is 95.6 cm³/mol. The number of likely N-dealkylation sites (N-methyl/N-ethyl adjacent to an activating group) is 1. The second kappa shape index (κ2) is 7.61. The Morgan fingerprint density at radius 1 is 1.23 bits per heavy atom. The Labute approximate surface area is 150 Å². The van der Waals surface area contributed by atoms with Crippen LogP contribution in [0.1, 0.15) is 17.4 Å². The van der Waals surface area contributed by atoms with E-state index in [1.54, 1.807) is 43.3 Å². The minimum Gasteiger partial charge on any atom is -0.354 e. The number of carbonyl (C=O) groups excluding carboxylic acids is 1. The number of imidazole rings is 1. The van der Waals surface area contributed by atoms with Crippen molar-refractivity contribution in [2.24, 2.45) is 0 Å². The molecule has 0 aliphatic carbocycles. The van der Waals surface area contributed by atoms with Crippen LogP contribution in [-0.4, -0.2) is 41.4 Å². The van der Waals surface area contributed by atoms with E-state index in [4.69, 9.17) is 0 Å². The van der Waals surface area contributed by atoms with E-state index in [1.165, 1.54) is 18.2 Å². The number of benzene rings is 2. The number of carbonyl (C=O) groups is 1. The summed E-state index contributed by atoms with van der Waals surface area (Å²) in [6.45, 7) is 0.333. The van der Waals surface area contributed by atoms with Gasteiger partial charge in [0.15, 0.2) is 0 Å². The largest absolute Gasteiger partial charge is 0.354 e. The van der Waals surface area contributed by atoms with Crippen LogP contribution in [0.2, 0.25) is 0 Å². The highest BCUT2D eigenvalue weighted by atomic mass is 19.1. The molecule has 0 spiro atoms. The van der Waals surface area contributed by atoms with Gasteiger partial charge < -0.3 is 10.3 Å². The zero-order chi connectivity index (χ0) is 18.7. The van der Waals surface area contributed by atoms with Gasteiger partial charge in [0, 0.05) is 18.5 Å². The normalized spacial score (nSPS) is 12.5. The Morgan fingerprint density at radius 3 is 2.73 bits per heavy atom. The minimum absolute atomic E-state index is 0.290. The second-order valence-corrected chi connectivity index (χ2v) is 6.27. The molecule has 2 aromatic carbocycles. The van der Waals surface area contributed by atoms with Gasteiger partial charge in [-0.05, 0) is 38.4 Å². The highest BCUT2D eigenvalue weighted by Gasteiger charge is 2.25. The number of aromatic amines is 1. The Bertz CT molecular complexity index is 923. The van der Waals surface area contributed by atoms with Gasteiger partial charge in [-0.15, -0.1) is 0 Å². The topological polar surface area (TPSA) is 61.0 Å². The quantitative estimate of drug-likeness (QED) is 0.712. The van der Waals surface area contributed by atoms with Crippen LogP contribution >= 0.6 is 0 Å². The number of amides is 1. The summed E-state index contributed by atoms with van der Waals surface area (Å²) in [5, 5.41) is 2.81. The number of H-pyrrole nitrogens is 1. The number of fused-ring (bicyclic) bond motifs is 1. The minimum atomic E-state index is -0.721. The van der Waals surface area contributed by atoms with Gasteiger partial charge >= 0.3 is 0 Å². The summed E-state index contributed by atoms with van der Waals surface area (Å²) in [5.41, 5.74) is 1.61. The lowest BCUT2D eigenvalue weighted by Crippen LogP contribution is -2.38. The number of rotatable bonds is 6. The van der Waals surface area contributed by atoms with Crippen molar-refractivity contribution < 1.29 is 13.6 Å². The molecular formula is C19H20F2N4O. The van der Waals surface area contributed by atoms with Gasteiger partial charge in [-0.3, -0.25) is 9.69 Å². The zero-order valence-electron chi connectivity index (χ0n) is 14.6. The van der Waals surface area contributed by atoms with Crippen molar-refractivity contribution in [2.45, 2.75) is 12.5 Å². The summed E-state index contributed by atoms with van der Waals surface area (Å²) in [6.07, 6.45) is 0.458. The third kappa shape index (κ3) is 3.88. The van der Waals surface area contributed by atoms with Crippen molar-refractivity contribution in [3.05, 3.63) is 65.5 Å². The first-order valence-electron chi connectivity index (χ1n) is 8.28. The molecule has 0 radical (unpaired) electrons. The average molecular weight is 358 g/mol. The van der Waals surface area contributed by atoms with Crippen molar-refractivity contribution in [1.29, 1.82) is 0 Å². The van der Waals surface area contributed by atoms with Crippen LogP contribution < -0.4 is 5.32 Å². The lowest BCUT2D eigenvalue weighted by atomic mass is 10.0. The number of hydrogen-bond donors (Lipinski definition) is 2. The summed E-state index contributed by atoms with van der Waals surface area (Å²) in [4.78, 5) is 21.6. The first-order valence-corrected chi connectivity index (χ1v) is 8.28. The maximum atomic E-state index is 14.0. The molecule has 0 saturated carbocycles. The monoisotopic (exact) mass is 358 g/mol. The molecular weight excluding hydrogens is 338 g/mol. The summed E-state index contributed by atoms with van der Waals surface area (Å²) in [6, 6.07) is 9.85. The van der Waals surface area contributed by atoms with Gasteiger partial charge in [0.1, 0.15) is 23.5 Å². The number of hydrogen-bond acceptors (Lipinski definition) is 3. The molecule has 1 amide bonds. The maximum Gasteiger partial charge on any atom is 0.242 e. The first-order chi connectivity index (χ1) is 12.5. The molecule has 1 aromatic heterocycles. The van der Waals surface area contributed by atoms with Gasteiger partial charge in [-0.25, -0.2) is 13.8 Å². The summed E-state index contributed by atoms with van der Waals surface area (Å²) >= 11 is 0. The average Bonchev–Trinajstić information content (AvgIpc) is 2.98. The molecule has 3 rings (SSSR count). The van der Waals surface area contributed by atoms with Crippen molar-refractivity contribution in [3.8, 4) is 0 Å². The number of aromatic nitrogens is 2. The van der Waals surface area contributed by atoms with Crippen molar-refractivity contribution in [1.82, 2.24) is 20.2 Å². The molecule has 0 fully saturated rings. The third-order valence-electron chi connectivity index (χ3n) is 4.12. The van der Waals surface area contributed by atoms with E-state index in [0.29, 0.717) is 35.4 Å². The summed E-state index contributed by atoms with van der Waals surface area (Å²) < 4.78 is 27.3. The van der Waals surface area contributed by atoms with Gasteiger partial charge in [0.2, 0.25) is 5.91 Å². The van der Waals surface area contributed by atoms with Crippen LogP contribution in [0, 0.1) is 11.6 Å². The maximum absolute atomic E-state index is 14.0. The highest BCUT2D eigenvalue weighted by Crippen LogP contribution is 2.21. The molecule has 136 valence electrons. The molecule has 0 saturated heterocycles. The molecule has 0 bridgehead atoms. The van der Waals surface area contributed by atoms with Gasteiger partial charge in [-0.1, -0.05) is 18.2 Å². The Kier molecular flexibility index (Phi) is 5.27. The standard InChI is InChI=1S/C19H20F2N4O/c1-25(2)18(13-5-3-4-6-14(13)21)19(26)22-10-9-17-23-15-8-7-12(20)11-16(15)24-17/h3-8,11,18H,9-10H2,1-2H3,(H,22,26)(H,23,24)/t18-/m1/s1. The van der Waals surface area contributed by atoms with Crippen LogP contribution in [0.3, 0.4) is 0 Å². The molecule has 0 unspecified atom stereocenters. The van der Waals surface area contributed by atoms with E-state index in [1.807, 2.05) is 0 Å². The smallest absolute Gasteiger partial charge is 0.242 e. The van der Waals surface area contributed by atoms with Crippen LogP contribution in [0.25, 0.3) is 11.0 Å². The number of nitrogens with zero attached hydrogens (tertiary/aromatic N) is 2. The fourth-order valence-corrected chi connectivity index (χ4v) is 2.90. The molecule has 1 atom stereocenters. The predicted octanol–water partition coefficient (Wildman–Crippen LogP) is 2.80. The fraction of sp³-hybridized carbons (Fsp3) is 0.263. The van der Waals surface area contributed by atoms with E-state index in [0.717, 1.165) is 0 Å². The van der Waals surface area contributed by atoms with Crippen molar-refractivity contribution in [3.63, 3.8) is 0 Å². The zero-order valence-corrected chi connectivity index (χ0v) is 14.6. The van der Waals surface area contributed by atoms with Crippen LogP contribution in [0.5, 0.6) is 0 Å². The molecule has 0 aliphatic rings. The van der Waals surface area contributed by atoms with Crippen LogP contribution in [0.15, 0.2) is 42.5 Å². The number of halogens is 2. The summed E-state index contributed by atoms with van der Waals surface area (Å²) in [5.74, 6) is -0.388. The third-order valence-corrected chi connectivity index (χ3v) is 4.12. The van der Waals surface area contributed by atoms with E-state index in [9.17, 15) is 13.6 Å². The Hall–Kier alpha value is -2.80. The lowest BCUT2D eigenvalue weighted by molar-refractivity contribution is -0.125. The van der Waals surface area contributed by atoms with Crippen LogP contribution in [0.4, 0.5) is 8.78 Å². The Balaban J connectivity index is 1.65. The molecule has 26 heavy (non-hydrogen) atoms. The molecule has 2 N–H and O–H groups in total. The van der Waals surface area contributed by atoms with Gasteiger partial charge in [0.25, 0.3) is 0 Å². The number of nitrogens with one attached hydrogen (secondary N) is 2. The molecule has 5 nitrogen and oxygen atoms in total. The highest BCUT2D eigenvalue weighted by molar-refractivity contribution is 5.83. The van der Waals surface area contributed by atoms with E-state index < -0.39 is 11.9 Å². The molecule has 3 aromatic rings. The van der Waals surface area contributed by atoms with Crippen molar-refractivity contribution in [2.75, 3.05) is 20.6 Å². The molecule has 7 heteroatoms. The first kappa shape index (κ1) is 18.0.